The van der Waals surface area contributed by atoms with Crippen LogP contribution in [0.2, 0.25) is 0 Å². The molecule has 0 aliphatic carbocycles. The summed E-state index contributed by atoms with van der Waals surface area (Å²) in [5.74, 6) is 0. The highest BCUT2D eigenvalue weighted by molar-refractivity contribution is 7.89. The third-order valence-electron chi connectivity index (χ3n) is 6.18. The third kappa shape index (κ3) is 4.02. The van der Waals surface area contributed by atoms with Gasteiger partial charge < -0.3 is 9.88 Å². The second-order valence-corrected chi connectivity index (χ2v) is 9.88. The highest BCUT2D eigenvalue weighted by Crippen LogP contribution is 2.29. The van der Waals surface area contributed by atoms with Crippen LogP contribution in [-0.4, -0.2) is 84.8 Å². The lowest BCUT2D eigenvalue weighted by Crippen LogP contribution is -2.52. The average molecular weight is 422 g/mol. The summed E-state index contributed by atoms with van der Waals surface area (Å²) in [7, 11) is -1.48. The molecule has 2 saturated heterocycles. The normalized spacial score (nSPS) is 22.9. The maximum Gasteiger partial charge on any atom is 0.271 e. The number of nitro benzene ring substituents is 1. The first-order chi connectivity index (χ1) is 13.9. The number of aromatic nitrogens is 1. The lowest BCUT2D eigenvalue weighted by Gasteiger charge is -2.39. The van der Waals surface area contributed by atoms with Crippen molar-refractivity contribution in [2.75, 3.05) is 46.3 Å². The third-order valence-corrected chi connectivity index (χ3v) is 8.12. The van der Waals surface area contributed by atoms with Gasteiger partial charge >= 0.3 is 0 Å². The van der Waals surface area contributed by atoms with Crippen LogP contribution in [0.3, 0.4) is 0 Å². The van der Waals surface area contributed by atoms with Gasteiger partial charge in [0.2, 0.25) is 10.0 Å². The fraction of sp³-hybridized carbons (Fsp3) is 0.579. The minimum atomic E-state index is -3.65. The molecule has 1 aromatic carbocycles. The van der Waals surface area contributed by atoms with Crippen molar-refractivity contribution in [1.82, 2.24) is 19.1 Å². The number of nitro groups is 1. The highest BCUT2D eigenvalue weighted by atomic mass is 32.2. The number of sulfonamides is 1. The molecule has 0 unspecified atom stereocenters. The smallest absolute Gasteiger partial charge is 0.271 e. The van der Waals surface area contributed by atoms with Gasteiger partial charge in [0.05, 0.1) is 10.4 Å². The number of nitrogens with one attached hydrogen (secondary N) is 1. The minimum absolute atomic E-state index is 0.0652. The number of non-ortho nitro benzene ring substituents is 1. The van der Waals surface area contributed by atoms with E-state index in [1.165, 1.54) is 48.0 Å². The zero-order valence-electron chi connectivity index (χ0n) is 16.6. The Kier molecular flexibility index (Phi) is 5.60. The van der Waals surface area contributed by atoms with E-state index in [4.69, 9.17) is 0 Å². The number of aromatic amines is 1. The van der Waals surface area contributed by atoms with E-state index in [2.05, 4.69) is 21.8 Å². The van der Waals surface area contributed by atoms with E-state index in [9.17, 15) is 18.5 Å². The summed E-state index contributed by atoms with van der Waals surface area (Å²) in [6.45, 7) is 4.48. The van der Waals surface area contributed by atoms with Gasteiger partial charge in [-0.2, -0.15) is 4.31 Å². The van der Waals surface area contributed by atoms with Gasteiger partial charge in [-0.3, -0.25) is 15.0 Å². The highest BCUT2D eigenvalue weighted by Gasteiger charge is 2.32. The van der Waals surface area contributed by atoms with Gasteiger partial charge in [-0.1, -0.05) is 6.42 Å². The lowest BCUT2D eigenvalue weighted by molar-refractivity contribution is -0.384. The SMILES string of the molecule is CN1CCCC[C@H]1CN1CCN(S(=O)(=O)c2c[nH]c3cc([N+](=O)[O-])ccc23)CC1. The molecular formula is C19H27N5O4S. The molecule has 3 heterocycles. The number of H-pyrrole nitrogens is 1. The minimum Gasteiger partial charge on any atom is -0.360 e. The maximum absolute atomic E-state index is 13.2. The van der Waals surface area contributed by atoms with Crippen molar-refractivity contribution in [3.63, 3.8) is 0 Å². The molecule has 0 bridgehead atoms. The Morgan fingerprint density at radius 1 is 1.17 bits per heavy atom. The van der Waals surface area contributed by atoms with Crippen LogP contribution in [0, 0.1) is 10.1 Å². The van der Waals surface area contributed by atoms with E-state index in [1.54, 1.807) is 0 Å². The van der Waals surface area contributed by atoms with Crippen LogP contribution >= 0.6 is 0 Å². The number of piperazine rings is 1. The zero-order valence-corrected chi connectivity index (χ0v) is 17.4. The molecule has 1 atom stereocenters. The number of nitrogens with zero attached hydrogens (tertiary/aromatic N) is 4. The monoisotopic (exact) mass is 421 g/mol. The average Bonchev–Trinajstić information content (AvgIpc) is 3.14. The molecule has 2 aliphatic heterocycles. The van der Waals surface area contributed by atoms with Crippen molar-refractivity contribution in [3.05, 3.63) is 34.5 Å². The van der Waals surface area contributed by atoms with Crippen LogP contribution in [-0.2, 0) is 10.0 Å². The molecule has 29 heavy (non-hydrogen) atoms. The fourth-order valence-electron chi connectivity index (χ4n) is 4.38. The maximum atomic E-state index is 13.2. The molecule has 1 aromatic heterocycles. The first kappa shape index (κ1) is 20.3. The number of fused-ring (bicyclic) bond motifs is 1. The van der Waals surface area contributed by atoms with Crippen molar-refractivity contribution in [3.8, 4) is 0 Å². The second-order valence-electron chi connectivity index (χ2n) is 7.97. The van der Waals surface area contributed by atoms with Gasteiger partial charge in [-0.15, -0.1) is 0 Å². The molecule has 158 valence electrons. The van der Waals surface area contributed by atoms with E-state index in [1.807, 2.05) is 0 Å². The predicted octanol–water partition coefficient (Wildman–Crippen LogP) is 1.87. The van der Waals surface area contributed by atoms with E-state index in [-0.39, 0.29) is 10.6 Å². The summed E-state index contributed by atoms with van der Waals surface area (Å²) in [5.41, 5.74) is 0.390. The molecule has 10 heteroatoms. The summed E-state index contributed by atoms with van der Waals surface area (Å²) < 4.78 is 27.9. The summed E-state index contributed by atoms with van der Waals surface area (Å²) in [5, 5.41) is 11.4. The standard InChI is InChI=1S/C19H27N5O4S/c1-21-7-3-2-4-16(21)14-22-8-10-23(11-9-22)29(27,28)19-13-20-18-12-15(24(25)26)5-6-17(18)19/h5-6,12-13,16,20H,2-4,7-11,14H2,1H3/t16-/m0/s1. The first-order valence-electron chi connectivity index (χ1n) is 10.0. The lowest BCUT2D eigenvalue weighted by atomic mass is 10.0. The van der Waals surface area contributed by atoms with E-state index < -0.39 is 14.9 Å². The number of rotatable bonds is 5. The molecule has 2 aliphatic rings. The van der Waals surface area contributed by atoms with Crippen LogP contribution in [0.4, 0.5) is 5.69 Å². The Morgan fingerprint density at radius 3 is 2.62 bits per heavy atom. The number of piperidine rings is 1. The molecule has 9 nitrogen and oxygen atoms in total. The molecule has 0 radical (unpaired) electrons. The Hall–Kier alpha value is -2.01. The number of hydrogen-bond acceptors (Lipinski definition) is 6. The summed E-state index contributed by atoms with van der Waals surface area (Å²) in [6, 6.07) is 4.77. The fourth-order valence-corrected chi connectivity index (χ4v) is 5.96. The molecule has 0 saturated carbocycles. The first-order valence-corrected chi connectivity index (χ1v) is 11.5. The topological polar surface area (TPSA) is 103 Å². The number of likely N-dealkylation sites (N-methyl/N-ethyl adjacent to an activating group) is 1. The Morgan fingerprint density at radius 2 is 1.93 bits per heavy atom. The van der Waals surface area contributed by atoms with Gasteiger partial charge in [-0.25, -0.2) is 8.42 Å². The molecule has 2 fully saturated rings. The second kappa shape index (κ2) is 8.02. The van der Waals surface area contributed by atoms with Gasteiger partial charge in [0.15, 0.2) is 0 Å². The molecule has 1 N–H and O–H groups in total. The van der Waals surface area contributed by atoms with Crippen LogP contribution < -0.4 is 0 Å². The molecule has 4 rings (SSSR count). The number of likely N-dealkylation sites (tertiary alicyclic amines) is 1. The van der Waals surface area contributed by atoms with Crippen molar-refractivity contribution < 1.29 is 13.3 Å². The quantitative estimate of drug-likeness (QED) is 0.584. The number of hydrogen-bond donors (Lipinski definition) is 1. The summed E-state index contributed by atoms with van der Waals surface area (Å²) in [6.07, 6.45) is 5.17. The van der Waals surface area contributed by atoms with E-state index in [0.717, 1.165) is 26.2 Å². The van der Waals surface area contributed by atoms with Crippen LogP contribution in [0.15, 0.2) is 29.3 Å². The Labute approximate surface area is 170 Å². The molecule has 0 spiro atoms. The van der Waals surface area contributed by atoms with Crippen LogP contribution in [0.25, 0.3) is 10.9 Å². The van der Waals surface area contributed by atoms with E-state index in [0.29, 0.717) is 30.0 Å². The predicted molar refractivity (Wildman–Crippen MR) is 110 cm³/mol. The largest absolute Gasteiger partial charge is 0.360 e. The summed E-state index contributed by atoms with van der Waals surface area (Å²) >= 11 is 0. The molecule has 2 aromatic rings. The van der Waals surface area contributed by atoms with Gasteiger partial charge in [0, 0.05) is 62.5 Å². The zero-order chi connectivity index (χ0) is 20.6. The molecule has 0 amide bonds. The number of benzene rings is 1. The molecular weight excluding hydrogens is 394 g/mol. The summed E-state index contributed by atoms with van der Waals surface area (Å²) in [4.78, 5) is 18.3. The van der Waals surface area contributed by atoms with E-state index >= 15 is 0 Å². The Balaban J connectivity index is 1.45. The van der Waals surface area contributed by atoms with Gasteiger partial charge in [0.1, 0.15) is 4.90 Å². The van der Waals surface area contributed by atoms with Crippen molar-refractivity contribution in [2.45, 2.75) is 30.2 Å². The van der Waals surface area contributed by atoms with Crippen LogP contribution in [0.5, 0.6) is 0 Å². The van der Waals surface area contributed by atoms with Crippen molar-refractivity contribution in [1.29, 1.82) is 0 Å². The van der Waals surface area contributed by atoms with Gasteiger partial charge in [-0.05, 0) is 32.5 Å². The Bertz CT molecular complexity index is 997. The van der Waals surface area contributed by atoms with Crippen molar-refractivity contribution >= 4 is 26.6 Å². The van der Waals surface area contributed by atoms with Crippen molar-refractivity contribution in [2.24, 2.45) is 0 Å². The van der Waals surface area contributed by atoms with Crippen LogP contribution in [0.1, 0.15) is 19.3 Å². The van der Waals surface area contributed by atoms with Gasteiger partial charge in [0.25, 0.3) is 5.69 Å².